The second-order valence-corrected chi connectivity index (χ2v) is 7.44. The molecule has 3 aromatic rings. The van der Waals surface area contributed by atoms with Crippen molar-refractivity contribution < 1.29 is 9.32 Å². The molecule has 0 atom stereocenters. The molecule has 4 heterocycles. The van der Waals surface area contributed by atoms with E-state index in [9.17, 15) is 4.79 Å². The Bertz CT molecular complexity index is 966. The lowest BCUT2D eigenvalue weighted by atomic mass is 10.2. The molecule has 1 saturated carbocycles. The number of hydrogen-bond acceptors (Lipinski definition) is 6. The van der Waals surface area contributed by atoms with E-state index in [1.807, 2.05) is 27.6 Å². The van der Waals surface area contributed by atoms with Gasteiger partial charge in [0, 0.05) is 25.2 Å². The van der Waals surface area contributed by atoms with Gasteiger partial charge in [-0.3, -0.25) is 9.20 Å². The fourth-order valence-electron chi connectivity index (χ4n) is 3.67. The van der Waals surface area contributed by atoms with Gasteiger partial charge >= 0.3 is 0 Å². The number of nitrogens with zero attached hydrogens (tertiary/aromatic N) is 6. The van der Waals surface area contributed by atoms with Crippen LogP contribution in [0.2, 0.25) is 0 Å². The van der Waals surface area contributed by atoms with Crippen LogP contribution in [-0.4, -0.2) is 48.6 Å². The van der Waals surface area contributed by atoms with Gasteiger partial charge in [0.1, 0.15) is 5.82 Å². The number of fused-ring (bicyclic) bond motifs is 1. The minimum absolute atomic E-state index is 0.116. The third-order valence-corrected chi connectivity index (χ3v) is 5.39. The van der Waals surface area contributed by atoms with Crippen LogP contribution in [0.5, 0.6) is 0 Å². The fraction of sp³-hybridized carbons (Fsp3) is 0.526. The van der Waals surface area contributed by atoms with E-state index in [2.05, 4.69) is 20.3 Å². The highest BCUT2D eigenvalue weighted by Gasteiger charge is 2.29. The Hall–Kier alpha value is -2.77. The van der Waals surface area contributed by atoms with Crippen molar-refractivity contribution in [3.63, 3.8) is 0 Å². The maximum atomic E-state index is 12.7. The second-order valence-electron chi connectivity index (χ2n) is 7.44. The molecule has 8 heteroatoms. The first-order valence-electron chi connectivity index (χ1n) is 9.74. The van der Waals surface area contributed by atoms with Crippen molar-refractivity contribution in [2.75, 3.05) is 13.1 Å². The molecule has 2 fully saturated rings. The Labute approximate surface area is 156 Å². The summed E-state index contributed by atoms with van der Waals surface area (Å²) in [5, 5.41) is 12.6. The predicted molar refractivity (Wildman–Crippen MR) is 97.0 cm³/mol. The summed E-state index contributed by atoms with van der Waals surface area (Å²) in [6, 6.07) is 3.79. The van der Waals surface area contributed by atoms with E-state index in [1.54, 1.807) is 0 Å². The van der Waals surface area contributed by atoms with Gasteiger partial charge in [-0.1, -0.05) is 18.0 Å². The SMILES string of the molecule is O=C(Cc1nnc2c(-c3nc(C4CC4)no3)cccn12)N1CCCCCC1. The van der Waals surface area contributed by atoms with Crippen molar-refractivity contribution in [2.45, 2.75) is 50.9 Å². The summed E-state index contributed by atoms with van der Waals surface area (Å²) in [6.07, 6.45) is 8.94. The van der Waals surface area contributed by atoms with Crippen LogP contribution in [0, 0.1) is 0 Å². The average Bonchev–Trinajstić information content (AvgIpc) is 3.38. The molecule has 0 bridgehead atoms. The lowest BCUT2D eigenvalue weighted by Gasteiger charge is -2.19. The molecule has 2 aliphatic rings. The van der Waals surface area contributed by atoms with Gasteiger partial charge in [0.2, 0.25) is 5.91 Å². The van der Waals surface area contributed by atoms with E-state index >= 15 is 0 Å². The van der Waals surface area contributed by atoms with Gasteiger partial charge in [0.05, 0.1) is 12.0 Å². The van der Waals surface area contributed by atoms with Crippen LogP contribution < -0.4 is 0 Å². The largest absolute Gasteiger partial charge is 0.342 e. The number of likely N-dealkylation sites (tertiary alicyclic amines) is 1. The summed E-state index contributed by atoms with van der Waals surface area (Å²) in [5.74, 6) is 2.42. The van der Waals surface area contributed by atoms with Gasteiger partial charge in [-0.25, -0.2) is 0 Å². The fourth-order valence-corrected chi connectivity index (χ4v) is 3.67. The summed E-state index contributed by atoms with van der Waals surface area (Å²) < 4.78 is 7.30. The smallest absolute Gasteiger partial charge is 0.261 e. The van der Waals surface area contributed by atoms with Crippen LogP contribution in [0.25, 0.3) is 17.1 Å². The van der Waals surface area contributed by atoms with Gasteiger partial charge in [-0.05, 0) is 37.8 Å². The van der Waals surface area contributed by atoms with Crippen molar-refractivity contribution in [2.24, 2.45) is 0 Å². The Balaban J connectivity index is 1.41. The van der Waals surface area contributed by atoms with Gasteiger partial charge in [0.25, 0.3) is 5.89 Å². The van der Waals surface area contributed by atoms with Crippen LogP contribution in [0.4, 0.5) is 0 Å². The first-order chi connectivity index (χ1) is 13.3. The van der Waals surface area contributed by atoms with Crippen molar-refractivity contribution >= 4 is 11.6 Å². The van der Waals surface area contributed by atoms with E-state index in [-0.39, 0.29) is 12.3 Å². The van der Waals surface area contributed by atoms with Gasteiger partial charge in [-0.2, -0.15) is 4.98 Å². The van der Waals surface area contributed by atoms with Crippen LogP contribution >= 0.6 is 0 Å². The zero-order valence-electron chi connectivity index (χ0n) is 15.2. The van der Waals surface area contributed by atoms with Crippen molar-refractivity contribution in [1.29, 1.82) is 0 Å². The Morgan fingerprint density at radius 3 is 2.74 bits per heavy atom. The maximum Gasteiger partial charge on any atom is 0.261 e. The van der Waals surface area contributed by atoms with Crippen LogP contribution in [-0.2, 0) is 11.2 Å². The molecule has 1 aliphatic heterocycles. The molecule has 0 unspecified atom stereocenters. The van der Waals surface area contributed by atoms with E-state index in [0.717, 1.165) is 50.2 Å². The number of hydrogen-bond donors (Lipinski definition) is 0. The summed E-state index contributed by atoms with van der Waals surface area (Å²) in [4.78, 5) is 19.2. The number of aromatic nitrogens is 5. The maximum absolute atomic E-state index is 12.7. The molecule has 3 aromatic heterocycles. The normalized spacial score (nSPS) is 18.0. The highest BCUT2D eigenvalue weighted by Crippen LogP contribution is 2.39. The number of rotatable bonds is 4. The van der Waals surface area contributed by atoms with Crippen molar-refractivity contribution in [3.8, 4) is 11.5 Å². The zero-order valence-corrected chi connectivity index (χ0v) is 15.2. The third-order valence-electron chi connectivity index (χ3n) is 5.39. The monoisotopic (exact) mass is 366 g/mol. The standard InChI is InChI=1S/C19H22N6O2/c26-16(24-9-3-1-2-4-10-24)12-15-21-22-18-14(6-5-11-25(15)18)19-20-17(23-27-19)13-7-8-13/h5-6,11,13H,1-4,7-10,12H2. The van der Waals surface area contributed by atoms with E-state index in [1.165, 1.54) is 12.8 Å². The molecular weight excluding hydrogens is 344 g/mol. The van der Waals surface area contributed by atoms with Crippen LogP contribution in [0.1, 0.15) is 56.1 Å². The van der Waals surface area contributed by atoms with Gasteiger partial charge in [-0.15, -0.1) is 10.2 Å². The molecule has 1 amide bonds. The topological polar surface area (TPSA) is 89.4 Å². The van der Waals surface area contributed by atoms with E-state index in [0.29, 0.717) is 23.3 Å². The molecule has 0 radical (unpaired) electrons. The summed E-state index contributed by atoms with van der Waals surface area (Å²) in [5.41, 5.74) is 1.39. The Morgan fingerprint density at radius 1 is 1.15 bits per heavy atom. The Kier molecular flexibility index (Phi) is 4.10. The molecule has 1 saturated heterocycles. The number of pyridine rings is 1. The number of carbonyl (C=O) groups is 1. The molecule has 0 aromatic carbocycles. The summed E-state index contributed by atoms with van der Waals surface area (Å²) in [6.45, 7) is 1.68. The van der Waals surface area contributed by atoms with Crippen LogP contribution in [0.3, 0.4) is 0 Å². The highest BCUT2D eigenvalue weighted by atomic mass is 16.5. The minimum Gasteiger partial charge on any atom is -0.342 e. The minimum atomic E-state index is 0.116. The molecule has 27 heavy (non-hydrogen) atoms. The Morgan fingerprint density at radius 2 is 1.96 bits per heavy atom. The van der Waals surface area contributed by atoms with Gasteiger partial charge < -0.3 is 9.42 Å². The van der Waals surface area contributed by atoms with E-state index in [4.69, 9.17) is 4.52 Å². The summed E-state index contributed by atoms with van der Waals surface area (Å²) >= 11 is 0. The molecule has 0 N–H and O–H groups in total. The lowest BCUT2D eigenvalue weighted by Crippen LogP contribution is -2.33. The van der Waals surface area contributed by atoms with Crippen molar-refractivity contribution in [1.82, 2.24) is 29.6 Å². The average molecular weight is 366 g/mol. The molecule has 8 nitrogen and oxygen atoms in total. The van der Waals surface area contributed by atoms with E-state index < -0.39 is 0 Å². The quantitative estimate of drug-likeness (QED) is 0.705. The van der Waals surface area contributed by atoms with Crippen LogP contribution in [0.15, 0.2) is 22.9 Å². The van der Waals surface area contributed by atoms with Gasteiger partial charge in [0.15, 0.2) is 11.5 Å². The molecule has 5 rings (SSSR count). The third kappa shape index (κ3) is 3.20. The number of amides is 1. The lowest BCUT2D eigenvalue weighted by molar-refractivity contribution is -0.130. The second kappa shape index (κ2) is 6.75. The zero-order chi connectivity index (χ0) is 18.2. The summed E-state index contributed by atoms with van der Waals surface area (Å²) in [7, 11) is 0. The first kappa shape index (κ1) is 16.4. The number of carbonyl (C=O) groups excluding carboxylic acids is 1. The first-order valence-corrected chi connectivity index (χ1v) is 9.74. The predicted octanol–water partition coefficient (Wildman–Crippen LogP) is 2.60. The molecular formula is C19H22N6O2. The van der Waals surface area contributed by atoms with Crippen molar-refractivity contribution in [3.05, 3.63) is 30.0 Å². The molecule has 0 spiro atoms. The molecule has 140 valence electrons. The highest BCUT2D eigenvalue weighted by molar-refractivity contribution is 5.79. The molecule has 1 aliphatic carbocycles.